The molecule has 0 saturated heterocycles. The molecule has 0 amide bonds. The zero-order valence-corrected chi connectivity index (χ0v) is 25.7. The molecule has 0 aliphatic carbocycles. The number of aliphatic hydroxyl groups is 2. The van der Waals surface area contributed by atoms with Crippen molar-refractivity contribution < 1.29 is 33.4 Å². The summed E-state index contributed by atoms with van der Waals surface area (Å²) in [4.78, 5) is 10.4. The second-order valence-corrected chi connectivity index (χ2v) is 14.7. The minimum atomic E-state index is -4.10. The topological polar surface area (TPSA) is 96.2 Å². The van der Waals surface area contributed by atoms with Crippen LogP contribution in [0.3, 0.4) is 0 Å². The first-order valence-electron chi connectivity index (χ1n) is 14.3. The van der Waals surface area contributed by atoms with Crippen molar-refractivity contribution >= 4 is 7.60 Å². The number of likely N-dealkylation sites (N-methyl/N-ethyl adjacent to an activating group) is 1. The molecule has 0 rings (SSSR count). The van der Waals surface area contributed by atoms with E-state index < -0.39 is 32.8 Å². The molecule has 0 aromatic heterocycles. The van der Waals surface area contributed by atoms with Gasteiger partial charge in [-0.2, -0.15) is 0 Å². The summed E-state index contributed by atoms with van der Waals surface area (Å²) in [5, 5.41) is 18.4. The number of hydrogen-bond acceptors (Lipinski definition) is 5. The molecule has 0 spiro atoms. The lowest BCUT2D eigenvalue weighted by molar-refractivity contribution is -0.872. The maximum Gasteiger partial charge on any atom is 0.362 e. The minimum absolute atomic E-state index is 0.311. The molecule has 36 heavy (non-hydrogen) atoms. The molecule has 0 aromatic carbocycles. The largest absolute Gasteiger partial charge is 0.394 e. The molecular weight excluding hydrogens is 477 g/mol. The summed E-state index contributed by atoms with van der Waals surface area (Å²) < 4.78 is 24.1. The van der Waals surface area contributed by atoms with Gasteiger partial charge in [0.15, 0.2) is 0 Å². The van der Waals surface area contributed by atoms with Crippen LogP contribution < -0.4 is 0 Å². The van der Waals surface area contributed by atoms with Gasteiger partial charge in [0.1, 0.15) is 12.6 Å². The van der Waals surface area contributed by atoms with E-state index in [4.69, 9.17) is 14.4 Å². The van der Waals surface area contributed by atoms with Crippen molar-refractivity contribution in [3.63, 3.8) is 0 Å². The van der Waals surface area contributed by atoms with Crippen LogP contribution in [0.5, 0.6) is 0 Å². The molecule has 0 radical (unpaired) electrons. The van der Waals surface area contributed by atoms with E-state index in [0.717, 1.165) is 30.6 Å². The van der Waals surface area contributed by atoms with E-state index in [9.17, 15) is 14.6 Å². The first kappa shape index (κ1) is 36.0. The predicted molar refractivity (Wildman–Crippen MR) is 150 cm³/mol. The van der Waals surface area contributed by atoms with Crippen LogP contribution in [0.15, 0.2) is 0 Å². The maximum absolute atomic E-state index is 12.7. The van der Waals surface area contributed by atoms with Gasteiger partial charge in [0.05, 0.1) is 34.4 Å². The molecule has 0 aromatic rings. The van der Waals surface area contributed by atoms with Gasteiger partial charge in [-0.15, -0.1) is 0 Å². The van der Waals surface area contributed by atoms with Crippen LogP contribution in [0.4, 0.5) is 0 Å². The Hall–Kier alpha value is -0.0100. The summed E-state index contributed by atoms with van der Waals surface area (Å²) in [5.41, 5.74) is 0. The standard InChI is InChI=1S/C28H60NO6P/c1-23(2)12-9-13-24(3)14-10-15-25(4)16-11-17-26(5)18-19-34-28(20-29(6,7)8)36(32,33)35-22-27(31)21-30/h23-28,30-31H,9-22H2,1-8H3/p+1/t24?,25?,26?,27-,28?/m1/s1. The Bertz CT molecular complexity index is 583. The second kappa shape index (κ2) is 19.1. The number of quaternary nitrogens is 1. The van der Waals surface area contributed by atoms with E-state index >= 15 is 0 Å². The smallest absolute Gasteiger partial charge is 0.362 e. The zero-order chi connectivity index (χ0) is 27.8. The zero-order valence-electron chi connectivity index (χ0n) is 24.8. The van der Waals surface area contributed by atoms with Crippen molar-refractivity contribution in [2.75, 3.05) is 47.5 Å². The van der Waals surface area contributed by atoms with E-state index in [2.05, 4.69) is 34.6 Å². The summed E-state index contributed by atoms with van der Waals surface area (Å²) >= 11 is 0. The lowest BCUT2D eigenvalue weighted by Crippen LogP contribution is -2.42. The first-order valence-corrected chi connectivity index (χ1v) is 16.0. The number of aliphatic hydroxyl groups excluding tert-OH is 2. The van der Waals surface area contributed by atoms with Crippen LogP contribution in [-0.4, -0.2) is 79.0 Å². The van der Waals surface area contributed by atoms with Gasteiger partial charge >= 0.3 is 7.60 Å². The van der Waals surface area contributed by atoms with Gasteiger partial charge in [-0.3, -0.25) is 4.57 Å². The van der Waals surface area contributed by atoms with Gasteiger partial charge < -0.3 is 28.9 Å². The Labute approximate surface area is 223 Å². The quantitative estimate of drug-likeness (QED) is 0.108. The highest BCUT2D eigenvalue weighted by molar-refractivity contribution is 7.53. The third-order valence-corrected chi connectivity index (χ3v) is 8.48. The fraction of sp³-hybridized carbons (Fsp3) is 1.00. The number of ether oxygens (including phenoxy) is 1. The van der Waals surface area contributed by atoms with Crippen LogP contribution in [0, 0.1) is 23.7 Å². The van der Waals surface area contributed by atoms with Crippen molar-refractivity contribution in [1.82, 2.24) is 0 Å². The molecule has 3 N–H and O–H groups in total. The average molecular weight is 539 g/mol. The Kier molecular flexibility index (Phi) is 19.1. The minimum Gasteiger partial charge on any atom is -0.394 e. The molecule has 0 aliphatic rings. The van der Waals surface area contributed by atoms with Gasteiger partial charge in [-0.05, 0) is 30.1 Å². The SMILES string of the molecule is CC(C)CCCC(C)CCCC(C)CCCC(C)CCOC(C[N+](C)(C)C)P(=O)(O)OC[C@H](O)CO. The van der Waals surface area contributed by atoms with Crippen molar-refractivity contribution in [1.29, 1.82) is 0 Å². The summed E-state index contributed by atoms with van der Waals surface area (Å²) in [6.07, 6.45) is 11.3. The maximum atomic E-state index is 12.7. The van der Waals surface area contributed by atoms with E-state index in [1.807, 2.05) is 21.1 Å². The highest BCUT2D eigenvalue weighted by atomic mass is 31.2. The normalized spacial score (nSPS) is 18.6. The van der Waals surface area contributed by atoms with E-state index in [1.165, 1.54) is 51.4 Å². The lowest BCUT2D eigenvalue weighted by atomic mass is 9.91. The molecule has 8 heteroatoms. The van der Waals surface area contributed by atoms with E-state index in [0.29, 0.717) is 23.6 Å². The Morgan fingerprint density at radius 1 is 0.778 bits per heavy atom. The van der Waals surface area contributed by atoms with Crippen molar-refractivity contribution in [2.45, 2.75) is 111 Å². The van der Waals surface area contributed by atoms with Crippen molar-refractivity contribution in [2.24, 2.45) is 23.7 Å². The van der Waals surface area contributed by atoms with E-state index in [-0.39, 0.29) is 0 Å². The lowest BCUT2D eigenvalue weighted by Gasteiger charge is -2.31. The van der Waals surface area contributed by atoms with Crippen LogP contribution in [0.2, 0.25) is 0 Å². The Morgan fingerprint density at radius 2 is 1.22 bits per heavy atom. The highest BCUT2D eigenvalue weighted by Crippen LogP contribution is 2.48. The second-order valence-electron chi connectivity index (χ2n) is 12.8. The third kappa shape index (κ3) is 20.0. The van der Waals surface area contributed by atoms with Crippen molar-refractivity contribution in [3.05, 3.63) is 0 Å². The fourth-order valence-corrected chi connectivity index (χ4v) is 5.93. The van der Waals surface area contributed by atoms with Crippen LogP contribution >= 0.6 is 7.60 Å². The van der Waals surface area contributed by atoms with Crippen LogP contribution in [-0.2, 0) is 13.8 Å². The summed E-state index contributed by atoms with van der Waals surface area (Å²) in [6, 6.07) is 0. The molecule has 6 atom stereocenters. The molecule has 0 saturated carbocycles. The van der Waals surface area contributed by atoms with Crippen LogP contribution in [0.1, 0.15) is 98.8 Å². The predicted octanol–water partition coefficient (Wildman–Crippen LogP) is 6.06. The molecule has 7 nitrogen and oxygen atoms in total. The molecule has 0 bridgehead atoms. The Morgan fingerprint density at radius 3 is 1.64 bits per heavy atom. The summed E-state index contributed by atoms with van der Waals surface area (Å²) in [6.45, 7) is 11.4. The monoisotopic (exact) mass is 538 g/mol. The molecule has 218 valence electrons. The molecule has 5 unspecified atom stereocenters. The molecular formula is C28H61NO6P+. The third-order valence-electron chi connectivity index (χ3n) is 6.92. The highest BCUT2D eigenvalue weighted by Gasteiger charge is 2.38. The Balaban J connectivity index is 4.26. The van der Waals surface area contributed by atoms with Gasteiger partial charge in [0.25, 0.3) is 0 Å². The molecule has 0 fully saturated rings. The van der Waals surface area contributed by atoms with Gasteiger partial charge in [0, 0.05) is 6.61 Å². The fourth-order valence-electron chi connectivity index (χ4n) is 4.39. The molecule has 0 aliphatic heterocycles. The van der Waals surface area contributed by atoms with Crippen LogP contribution in [0.25, 0.3) is 0 Å². The number of nitrogens with zero attached hydrogens (tertiary/aromatic N) is 1. The van der Waals surface area contributed by atoms with Gasteiger partial charge in [0.2, 0.25) is 5.85 Å². The molecule has 0 heterocycles. The first-order chi connectivity index (χ1) is 16.7. The average Bonchev–Trinajstić information content (AvgIpc) is 2.75. The summed E-state index contributed by atoms with van der Waals surface area (Å²) in [7, 11) is 1.68. The van der Waals surface area contributed by atoms with Gasteiger partial charge in [-0.25, -0.2) is 0 Å². The number of hydrogen-bond donors (Lipinski definition) is 3. The van der Waals surface area contributed by atoms with E-state index in [1.54, 1.807) is 0 Å². The number of rotatable bonds is 23. The van der Waals surface area contributed by atoms with Gasteiger partial charge in [-0.1, -0.05) is 92.4 Å². The summed E-state index contributed by atoms with van der Waals surface area (Å²) in [5.74, 6) is 1.94. The van der Waals surface area contributed by atoms with Crippen molar-refractivity contribution in [3.8, 4) is 0 Å².